The maximum atomic E-state index is 11.7. The van der Waals surface area contributed by atoms with Gasteiger partial charge in [-0.05, 0) is 18.6 Å². The minimum atomic E-state index is 0.147. The lowest BCUT2D eigenvalue weighted by atomic mass is 10.2. The number of carbonyl (C=O) groups is 1. The molecule has 0 atom stereocenters. The predicted octanol–water partition coefficient (Wildman–Crippen LogP) is 3.62. The zero-order chi connectivity index (χ0) is 18.6. The van der Waals surface area contributed by atoms with Crippen LogP contribution in [0.25, 0.3) is 10.6 Å². The fourth-order valence-electron chi connectivity index (χ4n) is 2.85. The van der Waals surface area contributed by atoms with Crippen LogP contribution < -0.4 is 4.74 Å². The van der Waals surface area contributed by atoms with E-state index in [1.165, 1.54) is 11.8 Å². The summed E-state index contributed by atoms with van der Waals surface area (Å²) in [6, 6.07) is 7.84. The minimum Gasteiger partial charge on any atom is -0.496 e. The van der Waals surface area contributed by atoms with Gasteiger partial charge in [-0.25, -0.2) is 4.98 Å². The van der Waals surface area contributed by atoms with Gasteiger partial charge in [-0.15, -0.1) is 21.5 Å². The van der Waals surface area contributed by atoms with E-state index < -0.39 is 0 Å². The molecule has 3 aromatic rings. The highest BCUT2D eigenvalue weighted by molar-refractivity contribution is 7.98. The largest absolute Gasteiger partial charge is 0.496 e. The third kappa shape index (κ3) is 4.14. The molecule has 0 aliphatic carbocycles. The summed E-state index contributed by atoms with van der Waals surface area (Å²) in [6.45, 7) is 1.15. The third-order valence-electron chi connectivity index (χ3n) is 4.18. The van der Waals surface area contributed by atoms with Crippen LogP contribution >= 0.6 is 23.1 Å². The summed E-state index contributed by atoms with van der Waals surface area (Å²) in [5.41, 5.74) is 1.93. The second kappa shape index (κ2) is 8.10. The Labute approximate surface area is 164 Å². The number of para-hydroxylation sites is 1. The van der Waals surface area contributed by atoms with E-state index in [1.54, 1.807) is 23.3 Å². The first-order valence-electron chi connectivity index (χ1n) is 8.53. The van der Waals surface area contributed by atoms with Crippen molar-refractivity contribution in [2.75, 3.05) is 13.7 Å². The van der Waals surface area contributed by atoms with Crippen molar-refractivity contribution in [1.82, 2.24) is 20.1 Å². The lowest BCUT2D eigenvalue weighted by Crippen LogP contribution is -2.23. The first kappa shape index (κ1) is 18.0. The van der Waals surface area contributed by atoms with Crippen molar-refractivity contribution in [3.8, 4) is 16.3 Å². The molecule has 140 valence electrons. The highest BCUT2D eigenvalue weighted by Gasteiger charge is 2.22. The number of hydrogen-bond acceptors (Lipinski definition) is 8. The number of likely N-dealkylation sites (tertiary alicyclic amines) is 1. The normalized spacial score (nSPS) is 14.1. The Bertz CT molecular complexity index is 940. The van der Waals surface area contributed by atoms with Crippen molar-refractivity contribution in [3.05, 3.63) is 41.2 Å². The summed E-state index contributed by atoms with van der Waals surface area (Å²) in [4.78, 5) is 18.1. The van der Waals surface area contributed by atoms with Crippen molar-refractivity contribution >= 4 is 29.0 Å². The van der Waals surface area contributed by atoms with Crippen LogP contribution in [0.3, 0.4) is 0 Å². The van der Waals surface area contributed by atoms with E-state index in [9.17, 15) is 4.79 Å². The molecule has 0 spiro atoms. The van der Waals surface area contributed by atoms with Crippen LogP contribution in [0.2, 0.25) is 0 Å². The van der Waals surface area contributed by atoms with E-state index in [-0.39, 0.29) is 5.91 Å². The number of rotatable bonds is 7. The quantitative estimate of drug-likeness (QED) is 0.558. The topological polar surface area (TPSA) is 81.4 Å². The summed E-state index contributed by atoms with van der Waals surface area (Å²) in [5, 5.41) is 11.5. The molecule has 1 aromatic carbocycles. The highest BCUT2D eigenvalue weighted by atomic mass is 32.2. The molecule has 3 heterocycles. The number of thiazole rings is 1. The molecule has 0 radical (unpaired) electrons. The molecule has 0 N–H and O–H groups in total. The van der Waals surface area contributed by atoms with Gasteiger partial charge in [-0.2, -0.15) is 0 Å². The van der Waals surface area contributed by atoms with Gasteiger partial charge in [0.15, 0.2) is 0 Å². The molecule has 4 rings (SSSR count). The first-order valence-corrected chi connectivity index (χ1v) is 10.4. The van der Waals surface area contributed by atoms with E-state index in [0.717, 1.165) is 35.0 Å². The van der Waals surface area contributed by atoms with Gasteiger partial charge in [0.05, 0.1) is 24.9 Å². The van der Waals surface area contributed by atoms with Crippen molar-refractivity contribution in [1.29, 1.82) is 0 Å². The molecule has 1 amide bonds. The summed E-state index contributed by atoms with van der Waals surface area (Å²) in [7, 11) is 1.66. The van der Waals surface area contributed by atoms with E-state index in [4.69, 9.17) is 9.15 Å². The highest BCUT2D eigenvalue weighted by Crippen LogP contribution is 2.33. The second-order valence-corrected chi connectivity index (χ2v) is 7.80. The lowest BCUT2D eigenvalue weighted by Gasteiger charge is -2.11. The van der Waals surface area contributed by atoms with E-state index in [0.29, 0.717) is 29.8 Å². The molecule has 9 heteroatoms. The number of ether oxygens (including phenoxy) is 1. The number of thioether (sulfide) groups is 1. The van der Waals surface area contributed by atoms with Crippen molar-refractivity contribution in [2.24, 2.45) is 0 Å². The molecular formula is C18H18N4O3S2. The SMILES string of the molecule is COc1ccccc1-c1nc(CSc2nnc(CN3CCCC3=O)o2)cs1. The van der Waals surface area contributed by atoms with Gasteiger partial charge < -0.3 is 14.1 Å². The number of amides is 1. The molecule has 1 aliphatic rings. The summed E-state index contributed by atoms with van der Waals surface area (Å²) in [5.74, 6) is 2.06. The standard InChI is InChI=1S/C18H18N4O3S2/c1-24-14-6-3-2-5-13(14)17-19-12(10-26-17)11-27-18-21-20-15(25-18)9-22-8-4-7-16(22)23/h2-3,5-6,10H,4,7-9,11H2,1H3. The Kier molecular flexibility index (Phi) is 5.40. The average molecular weight is 403 g/mol. The van der Waals surface area contributed by atoms with Gasteiger partial charge in [0.2, 0.25) is 11.8 Å². The molecule has 27 heavy (non-hydrogen) atoms. The van der Waals surface area contributed by atoms with Crippen LogP contribution in [0.1, 0.15) is 24.4 Å². The Morgan fingerprint density at radius 3 is 3.04 bits per heavy atom. The molecule has 1 aliphatic heterocycles. The Morgan fingerprint density at radius 1 is 1.33 bits per heavy atom. The molecule has 0 saturated carbocycles. The maximum absolute atomic E-state index is 11.7. The lowest BCUT2D eigenvalue weighted by molar-refractivity contribution is -0.128. The molecule has 0 bridgehead atoms. The molecule has 1 fully saturated rings. The smallest absolute Gasteiger partial charge is 0.277 e. The van der Waals surface area contributed by atoms with Gasteiger partial charge in [-0.3, -0.25) is 4.79 Å². The number of aromatic nitrogens is 3. The first-order chi connectivity index (χ1) is 13.2. The molecular weight excluding hydrogens is 384 g/mol. The second-order valence-electron chi connectivity index (χ2n) is 6.01. The van der Waals surface area contributed by atoms with Gasteiger partial charge >= 0.3 is 0 Å². The van der Waals surface area contributed by atoms with Gasteiger partial charge in [0.1, 0.15) is 10.8 Å². The Morgan fingerprint density at radius 2 is 2.22 bits per heavy atom. The van der Waals surface area contributed by atoms with Gasteiger partial charge in [0.25, 0.3) is 5.22 Å². The number of benzene rings is 1. The number of nitrogens with zero attached hydrogens (tertiary/aromatic N) is 4. The third-order valence-corrected chi connectivity index (χ3v) is 5.95. The Hall–Kier alpha value is -2.39. The number of carbonyl (C=O) groups excluding carboxylic acids is 1. The fraction of sp³-hybridized carbons (Fsp3) is 0.333. The zero-order valence-electron chi connectivity index (χ0n) is 14.8. The molecule has 2 aromatic heterocycles. The van der Waals surface area contributed by atoms with Crippen LogP contribution in [-0.4, -0.2) is 39.6 Å². The molecule has 1 saturated heterocycles. The van der Waals surface area contributed by atoms with Crippen LogP contribution in [0.5, 0.6) is 5.75 Å². The number of methoxy groups -OCH3 is 1. The van der Waals surface area contributed by atoms with E-state index in [2.05, 4.69) is 15.2 Å². The van der Waals surface area contributed by atoms with E-state index in [1.807, 2.05) is 29.6 Å². The maximum Gasteiger partial charge on any atom is 0.277 e. The van der Waals surface area contributed by atoms with Gasteiger partial charge in [0, 0.05) is 24.1 Å². The summed E-state index contributed by atoms with van der Waals surface area (Å²) >= 11 is 3.02. The van der Waals surface area contributed by atoms with Crippen molar-refractivity contribution in [3.63, 3.8) is 0 Å². The fourth-order valence-corrected chi connectivity index (χ4v) is 4.48. The monoisotopic (exact) mass is 402 g/mol. The Balaban J connectivity index is 1.37. The summed E-state index contributed by atoms with van der Waals surface area (Å²) in [6.07, 6.45) is 1.50. The number of hydrogen-bond donors (Lipinski definition) is 0. The van der Waals surface area contributed by atoms with Crippen LogP contribution in [0.4, 0.5) is 0 Å². The predicted molar refractivity (Wildman–Crippen MR) is 103 cm³/mol. The average Bonchev–Trinajstić information content (AvgIpc) is 3.43. The van der Waals surface area contributed by atoms with E-state index >= 15 is 0 Å². The molecule has 7 nitrogen and oxygen atoms in total. The van der Waals surface area contributed by atoms with Crippen molar-refractivity contribution in [2.45, 2.75) is 30.4 Å². The van der Waals surface area contributed by atoms with Gasteiger partial charge in [-0.1, -0.05) is 23.9 Å². The minimum absolute atomic E-state index is 0.147. The van der Waals surface area contributed by atoms with Crippen molar-refractivity contribution < 1.29 is 13.9 Å². The zero-order valence-corrected chi connectivity index (χ0v) is 16.4. The molecule has 0 unspecified atom stereocenters. The van der Waals surface area contributed by atoms with Crippen LogP contribution in [0, 0.1) is 0 Å². The summed E-state index contributed by atoms with van der Waals surface area (Å²) < 4.78 is 11.0. The van der Waals surface area contributed by atoms with Crippen LogP contribution in [0.15, 0.2) is 39.3 Å². The van der Waals surface area contributed by atoms with Crippen LogP contribution in [-0.2, 0) is 17.1 Å².